The zero-order chi connectivity index (χ0) is 27.1. The van der Waals surface area contributed by atoms with Gasteiger partial charge in [-0.25, -0.2) is 0 Å². The molecule has 39 heavy (non-hydrogen) atoms. The number of carbonyl (C=O) groups excluding carboxylic acids is 3. The molecular formula is C28H30O9S2. The summed E-state index contributed by atoms with van der Waals surface area (Å²) in [7, 11) is 0. The van der Waals surface area contributed by atoms with Gasteiger partial charge in [0.1, 0.15) is 5.60 Å². The molecule has 9 aliphatic rings. The van der Waals surface area contributed by atoms with Crippen molar-refractivity contribution >= 4 is 47.4 Å². The van der Waals surface area contributed by atoms with Crippen molar-refractivity contribution in [2.45, 2.75) is 71.8 Å². The Balaban J connectivity index is 0.000000124. The molecule has 0 aliphatic carbocycles. The van der Waals surface area contributed by atoms with E-state index in [1.807, 2.05) is 23.5 Å². The number of fused-ring (bicyclic) bond motifs is 21. The highest BCUT2D eigenvalue weighted by molar-refractivity contribution is 8.01. The van der Waals surface area contributed by atoms with Crippen LogP contribution in [0.1, 0.15) is 20.8 Å². The van der Waals surface area contributed by atoms with E-state index in [0.29, 0.717) is 32.8 Å². The summed E-state index contributed by atoms with van der Waals surface area (Å²) in [6.45, 7) is 5.40. The Labute approximate surface area is 233 Å². The molecule has 9 rings (SSSR count). The SMILES string of the molecule is CC(C)(C)OC(=O)C1C2OC(C1C(=O)O)C1C3C=CC(S3)C21.O=C1OC(=O)C2C3OC(C12)C1C2C=CC(S2)C31. The van der Waals surface area contributed by atoms with E-state index in [2.05, 4.69) is 24.3 Å². The minimum atomic E-state index is -0.946. The maximum Gasteiger partial charge on any atom is 0.320 e. The van der Waals surface area contributed by atoms with Gasteiger partial charge in [0.2, 0.25) is 0 Å². The Morgan fingerprint density at radius 3 is 1.59 bits per heavy atom. The van der Waals surface area contributed by atoms with Gasteiger partial charge >= 0.3 is 23.9 Å². The number of carboxylic acids is 1. The fourth-order valence-corrected chi connectivity index (χ4v) is 12.5. The summed E-state index contributed by atoms with van der Waals surface area (Å²) in [6.07, 6.45) is 7.97. The minimum Gasteiger partial charge on any atom is -0.481 e. The molecule has 16 unspecified atom stereocenters. The lowest BCUT2D eigenvalue weighted by atomic mass is 9.65. The lowest BCUT2D eigenvalue weighted by Crippen LogP contribution is -2.50. The second-order valence-corrected chi connectivity index (χ2v) is 15.8. The molecule has 7 fully saturated rings. The Morgan fingerprint density at radius 2 is 1.15 bits per heavy atom. The predicted molar refractivity (Wildman–Crippen MR) is 138 cm³/mol. The zero-order valence-electron chi connectivity index (χ0n) is 21.6. The number of rotatable bonds is 2. The fraction of sp³-hybridized carbons (Fsp3) is 0.714. The van der Waals surface area contributed by atoms with Crippen LogP contribution in [0.3, 0.4) is 0 Å². The lowest BCUT2D eigenvalue weighted by molar-refractivity contribution is -0.168. The third-order valence-corrected chi connectivity index (χ3v) is 13.2. The average Bonchev–Trinajstić information content (AvgIpc) is 3.68. The van der Waals surface area contributed by atoms with Gasteiger partial charge in [-0.2, -0.15) is 0 Å². The van der Waals surface area contributed by atoms with Crippen molar-refractivity contribution in [3.05, 3.63) is 24.3 Å². The first-order valence-corrected chi connectivity index (χ1v) is 15.6. The highest BCUT2D eigenvalue weighted by Gasteiger charge is 2.73. The summed E-state index contributed by atoms with van der Waals surface area (Å²) in [5.41, 5.74) is -0.620. The molecule has 0 radical (unpaired) electrons. The van der Waals surface area contributed by atoms with Crippen LogP contribution >= 0.6 is 23.5 Å². The van der Waals surface area contributed by atoms with Crippen LogP contribution in [-0.4, -0.2) is 80.0 Å². The summed E-state index contributed by atoms with van der Waals surface area (Å²) < 4.78 is 22.2. The van der Waals surface area contributed by atoms with Crippen molar-refractivity contribution < 1.29 is 43.2 Å². The van der Waals surface area contributed by atoms with Gasteiger partial charge in [0.25, 0.3) is 0 Å². The highest BCUT2D eigenvalue weighted by Crippen LogP contribution is 2.65. The highest BCUT2D eigenvalue weighted by atomic mass is 32.2. The van der Waals surface area contributed by atoms with Crippen LogP contribution in [0.2, 0.25) is 0 Å². The van der Waals surface area contributed by atoms with Crippen molar-refractivity contribution in [1.29, 1.82) is 0 Å². The predicted octanol–water partition coefficient (Wildman–Crippen LogP) is 2.08. The first kappa shape index (κ1) is 24.9. The monoisotopic (exact) mass is 574 g/mol. The van der Waals surface area contributed by atoms with Gasteiger partial charge in [-0.15, -0.1) is 23.5 Å². The molecule has 9 heterocycles. The molecular weight excluding hydrogens is 544 g/mol. The molecule has 0 aromatic carbocycles. The maximum atomic E-state index is 12.6. The Bertz CT molecular complexity index is 1200. The first-order chi connectivity index (χ1) is 18.5. The topological polar surface area (TPSA) is 125 Å². The molecule has 9 aliphatic heterocycles. The number of carboxylic acid groups (broad SMARTS) is 1. The van der Waals surface area contributed by atoms with Gasteiger partial charge in [0.15, 0.2) is 0 Å². The molecule has 16 atom stereocenters. The number of ether oxygens (including phenoxy) is 4. The second kappa shape index (κ2) is 8.14. The van der Waals surface area contributed by atoms with Crippen molar-refractivity contribution in [1.82, 2.24) is 0 Å². The molecule has 0 amide bonds. The van der Waals surface area contributed by atoms with Crippen LogP contribution < -0.4 is 0 Å². The molecule has 0 aromatic rings. The fourth-order valence-electron chi connectivity index (χ4n) is 8.94. The molecule has 8 bridgehead atoms. The molecule has 0 saturated carbocycles. The molecule has 0 aromatic heterocycles. The zero-order valence-corrected chi connectivity index (χ0v) is 23.2. The molecule has 7 saturated heterocycles. The van der Waals surface area contributed by atoms with E-state index < -0.39 is 29.4 Å². The number of hydrogen-bond donors (Lipinski definition) is 1. The summed E-state index contributed by atoms with van der Waals surface area (Å²) in [4.78, 5) is 47.7. The standard InChI is InChI=1S/C16H20O5S.C12H10O4S/c1-16(2,3)21-15(19)11-10(14(17)18)12-8-6-4-5-7(22-6)9(8)13(11)20-12;13-11-7-8(12(14)16-11)10-6-4-2-1-3(17-4)5(6)9(7)15-10/h4-13H,1-3H3,(H,17,18);1-10H. The molecule has 1 N–H and O–H groups in total. The average molecular weight is 575 g/mol. The summed E-state index contributed by atoms with van der Waals surface area (Å²) >= 11 is 3.83. The van der Waals surface area contributed by atoms with E-state index in [9.17, 15) is 24.3 Å². The Kier molecular flexibility index (Phi) is 5.20. The Morgan fingerprint density at radius 1 is 0.744 bits per heavy atom. The largest absolute Gasteiger partial charge is 0.481 e. The van der Waals surface area contributed by atoms with Crippen molar-refractivity contribution in [3.63, 3.8) is 0 Å². The number of esters is 3. The van der Waals surface area contributed by atoms with Gasteiger partial charge in [0, 0.05) is 44.7 Å². The van der Waals surface area contributed by atoms with Crippen molar-refractivity contribution in [2.75, 3.05) is 0 Å². The normalized spacial score (nSPS) is 53.5. The number of thioether (sulfide) groups is 2. The van der Waals surface area contributed by atoms with Crippen LogP contribution in [0.25, 0.3) is 0 Å². The maximum absolute atomic E-state index is 12.6. The smallest absolute Gasteiger partial charge is 0.320 e. The van der Waals surface area contributed by atoms with Gasteiger partial charge in [-0.3, -0.25) is 19.2 Å². The van der Waals surface area contributed by atoms with Crippen LogP contribution in [0, 0.1) is 47.3 Å². The van der Waals surface area contributed by atoms with E-state index in [-0.39, 0.29) is 60.0 Å². The number of hydrogen-bond acceptors (Lipinski definition) is 10. The van der Waals surface area contributed by atoms with E-state index in [1.54, 1.807) is 20.8 Å². The summed E-state index contributed by atoms with van der Waals surface area (Å²) in [5, 5.41) is 11.3. The van der Waals surface area contributed by atoms with Crippen molar-refractivity contribution in [2.24, 2.45) is 47.3 Å². The first-order valence-electron chi connectivity index (χ1n) is 13.7. The third-order valence-electron chi connectivity index (χ3n) is 10.1. The van der Waals surface area contributed by atoms with Crippen LogP contribution in [0.4, 0.5) is 0 Å². The lowest BCUT2D eigenvalue weighted by Gasteiger charge is -2.36. The second-order valence-electron chi connectivity index (χ2n) is 13.1. The molecule has 9 nitrogen and oxygen atoms in total. The van der Waals surface area contributed by atoms with Gasteiger partial charge in [-0.05, 0) is 20.8 Å². The van der Waals surface area contributed by atoms with Gasteiger partial charge in [-0.1, -0.05) is 24.3 Å². The molecule has 208 valence electrons. The Hall–Kier alpha value is -1.82. The van der Waals surface area contributed by atoms with Gasteiger partial charge < -0.3 is 24.1 Å². The summed E-state index contributed by atoms with van der Waals surface area (Å²) in [6, 6.07) is 0. The van der Waals surface area contributed by atoms with Gasteiger partial charge in [0.05, 0.1) is 48.1 Å². The third kappa shape index (κ3) is 3.30. The number of carbonyl (C=O) groups is 4. The van der Waals surface area contributed by atoms with E-state index in [1.165, 1.54) is 0 Å². The molecule has 0 spiro atoms. The van der Waals surface area contributed by atoms with Crippen LogP contribution in [-0.2, 0) is 38.1 Å². The number of aliphatic carboxylic acids is 1. The van der Waals surface area contributed by atoms with E-state index in [0.717, 1.165) is 0 Å². The summed E-state index contributed by atoms with van der Waals surface area (Å²) in [5.74, 6) is -2.89. The van der Waals surface area contributed by atoms with Crippen molar-refractivity contribution in [3.8, 4) is 0 Å². The van der Waals surface area contributed by atoms with E-state index >= 15 is 0 Å². The van der Waals surface area contributed by atoms with Crippen LogP contribution in [0.5, 0.6) is 0 Å². The molecule has 11 heteroatoms. The minimum absolute atomic E-state index is 0.0820. The quantitative estimate of drug-likeness (QED) is 0.296. The van der Waals surface area contributed by atoms with E-state index in [4.69, 9.17) is 18.9 Å². The van der Waals surface area contributed by atoms with Crippen LogP contribution in [0.15, 0.2) is 24.3 Å². The number of cyclic esters (lactones) is 2.